The molecular weight excluding hydrogens is 366 g/mol. The first-order valence-corrected chi connectivity index (χ1v) is 9.11. The van der Waals surface area contributed by atoms with E-state index in [4.69, 9.17) is 0 Å². The van der Waals surface area contributed by atoms with Crippen molar-refractivity contribution in [3.05, 3.63) is 74.7 Å². The molecule has 9 heteroatoms. The number of non-ortho nitro benzene ring substituents is 1. The molecule has 1 aliphatic rings. The lowest BCUT2D eigenvalue weighted by Crippen LogP contribution is -2.14. The van der Waals surface area contributed by atoms with Crippen LogP contribution in [0.5, 0.6) is 0 Å². The van der Waals surface area contributed by atoms with E-state index in [0.717, 1.165) is 17.1 Å². The summed E-state index contributed by atoms with van der Waals surface area (Å²) < 4.78 is 0. The Morgan fingerprint density at radius 3 is 2.67 bits per heavy atom. The molecule has 1 amide bonds. The molecule has 136 valence electrons. The summed E-state index contributed by atoms with van der Waals surface area (Å²) in [5.41, 5.74) is 5.93. The number of nitrogens with zero attached hydrogens (tertiary/aromatic N) is 2. The van der Waals surface area contributed by atoms with Gasteiger partial charge in [0.1, 0.15) is 6.17 Å². The van der Waals surface area contributed by atoms with Gasteiger partial charge in [-0.3, -0.25) is 14.9 Å². The van der Waals surface area contributed by atoms with Crippen molar-refractivity contribution in [2.24, 2.45) is 0 Å². The minimum atomic E-state index is -0.464. The highest BCUT2D eigenvalue weighted by atomic mass is 32.1. The Bertz CT molecular complexity index is 989. The normalized spacial score (nSPS) is 14.7. The molecule has 2 aromatic carbocycles. The van der Waals surface area contributed by atoms with Crippen LogP contribution in [0, 0.1) is 10.1 Å². The summed E-state index contributed by atoms with van der Waals surface area (Å²) >= 11 is 1.53. The SMILES string of the molecule is O=C(Cc1ccc([N+](=O)[O-])cc1)Nc1ccc2c(c1)NC(c1cscn1)N2. The molecule has 0 bridgehead atoms. The number of thiazole rings is 1. The molecule has 1 aliphatic heterocycles. The molecule has 1 aromatic heterocycles. The highest BCUT2D eigenvalue weighted by molar-refractivity contribution is 7.07. The summed E-state index contributed by atoms with van der Waals surface area (Å²) in [5.74, 6) is -0.189. The summed E-state index contributed by atoms with van der Waals surface area (Å²) in [4.78, 5) is 26.8. The molecule has 27 heavy (non-hydrogen) atoms. The van der Waals surface area contributed by atoms with Crippen molar-refractivity contribution in [2.75, 3.05) is 16.0 Å². The van der Waals surface area contributed by atoms with Gasteiger partial charge >= 0.3 is 0 Å². The fourth-order valence-electron chi connectivity index (χ4n) is 2.85. The number of nitrogens with one attached hydrogen (secondary N) is 3. The van der Waals surface area contributed by atoms with Crippen LogP contribution in [0.25, 0.3) is 0 Å². The van der Waals surface area contributed by atoms with Crippen LogP contribution >= 0.6 is 11.3 Å². The van der Waals surface area contributed by atoms with Crippen LogP contribution < -0.4 is 16.0 Å². The van der Waals surface area contributed by atoms with Crippen LogP contribution in [0.4, 0.5) is 22.7 Å². The molecule has 0 spiro atoms. The minimum Gasteiger partial charge on any atom is -0.359 e. The van der Waals surface area contributed by atoms with Gasteiger partial charge in [0.25, 0.3) is 5.69 Å². The van der Waals surface area contributed by atoms with Crippen molar-refractivity contribution < 1.29 is 9.72 Å². The van der Waals surface area contributed by atoms with Gasteiger partial charge in [0.15, 0.2) is 0 Å². The summed E-state index contributed by atoms with van der Waals surface area (Å²) in [6.45, 7) is 0. The average Bonchev–Trinajstić information content (AvgIpc) is 3.31. The number of hydrogen-bond donors (Lipinski definition) is 3. The number of carbonyl (C=O) groups is 1. The van der Waals surface area contributed by atoms with E-state index < -0.39 is 4.92 Å². The highest BCUT2D eigenvalue weighted by Gasteiger charge is 2.22. The lowest BCUT2D eigenvalue weighted by atomic mass is 10.1. The Kier molecular flexibility index (Phi) is 4.43. The molecule has 4 rings (SSSR count). The molecule has 3 aromatic rings. The van der Waals surface area contributed by atoms with Gasteiger partial charge in [0.05, 0.1) is 33.9 Å². The molecule has 1 unspecified atom stereocenters. The topological polar surface area (TPSA) is 109 Å². The standard InChI is InChI=1S/C18H15N5O3S/c24-17(7-11-1-4-13(5-2-11)23(25)26)20-12-3-6-14-15(8-12)22-18(21-14)16-9-27-10-19-16/h1-6,8-10,18,21-22H,7H2,(H,20,24). The van der Waals surface area contributed by atoms with Gasteiger partial charge in [-0.2, -0.15) is 0 Å². The van der Waals surface area contributed by atoms with Gasteiger partial charge in [-0.25, -0.2) is 4.98 Å². The van der Waals surface area contributed by atoms with E-state index in [2.05, 4.69) is 20.9 Å². The predicted molar refractivity (Wildman–Crippen MR) is 104 cm³/mol. The summed E-state index contributed by atoms with van der Waals surface area (Å²) in [7, 11) is 0. The van der Waals surface area contributed by atoms with Crippen LogP contribution in [0.2, 0.25) is 0 Å². The molecular formula is C18H15N5O3S. The van der Waals surface area contributed by atoms with E-state index in [1.54, 1.807) is 17.6 Å². The second-order valence-corrected chi connectivity index (χ2v) is 6.76. The highest BCUT2D eigenvalue weighted by Crippen LogP contribution is 2.36. The Morgan fingerprint density at radius 1 is 1.19 bits per heavy atom. The van der Waals surface area contributed by atoms with Crippen molar-refractivity contribution in [3.8, 4) is 0 Å². The van der Waals surface area contributed by atoms with Crippen LogP contribution in [0.3, 0.4) is 0 Å². The first-order chi connectivity index (χ1) is 13.1. The maximum atomic E-state index is 12.3. The Balaban J connectivity index is 1.40. The van der Waals surface area contributed by atoms with Crippen molar-refractivity contribution in [1.82, 2.24) is 4.98 Å². The molecule has 2 heterocycles. The third-order valence-corrected chi connectivity index (χ3v) is 4.77. The van der Waals surface area contributed by atoms with Gasteiger partial charge in [-0.1, -0.05) is 12.1 Å². The molecule has 0 radical (unpaired) electrons. The summed E-state index contributed by atoms with van der Waals surface area (Å²) in [5, 5.41) is 22.2. The Labute approximate surface area is 158 Å². The number of benzene rings is 2. The molecule has 0 saturated heterocycles. The average molecular weight is 381 g/mol. The lowest BCUT2D eigenvalue weighted by Gasteiger charge is -2.08. The van der Waals surface area contributed by atoms with Gasteiger partial charge in [0.2, 0.25) is 5.91 Å². The number of nitro groups is 1. The molecule has 0 saturated carbocycles. The number of aromatic nitrogens is 1. The maximum absolute atomic E-state index is 12.3. The summed E-state index contributed by atoms with van der Waals surface area (Å²) in [6, 6.07) is 11.6. The predicted octanol–water partition coefficient (Wildman–Crippen LogP) is 3.77. The zero-order chi connectivity index (χ0) is 18.8. The lowest BCUT2D eigenvalue weighted by molar-refractivity contribution is -0.384. The van der Waals surface area contributed by atoms with E-state index in [-0.39, 0.29) is 24.2 Å². The van der Waals surface area contributed by atoms with E-state index in [1.165, 1.54) is 23.5 Å². The van der Waals surface area contributed by atoms with Crippen LogP contribution in [0.1, 0.15) is 17.4 Å². The molecule has 0 aliphatic carbocycles. The van der Waals surface area contributed by atoms with Crippen LogP contribution in [-0.2, 0) is 11.2 Å². The number of carbonyl (C=O) groups excluding carboxylic acids is 1. The largest absolute Gasteiger partial charge is 0.359 e. The third-order valence-electron chi connectivity index (χ3n) is 4.16. The monoisotopic (exact) mass is 381 g/mol. The maximum Gasteiger partial charge on any atom is 0.269 e. The second kappa shape index (κ2) is 7.04. The zero-order valence-corrected chi connectivity index (χ0v) is 14.8. The molecule has 8 nitrogen and oxygen atoms in total. The quantitative estimate of drug-likeness (QED) is 0.458. The summed E-state index contributed by atoms with van der Waals surface area (Å²) in [6.07, 6.45) is 0.0553. The van der Waals surface area contributed by atoms with Crippen LogP contribution in [0.15, 0.2) is 53.4 Å². The first kappa shape index (κ1) is 17.0. The molecule has 0 fully saturated rings. The van der Waals surface area contributed by atoms with Crippen molar-refractivity contribution >= 4 is 40.0 Å². The van der Waals surface area contributed by atoms with Gasteiger partial charge in [-0.15, -0.1) is 11.3 Å². The van der Waals surface area contributed by atoms with E-state index >= 15 is 0 Å². The Morgan fingerprint density at radius 2 is 1.96 bits per heavy atom. The number of nitro benzene ring substituents is 1. The number of rotatable bonds is 5. The fraction of sp³-hybridized carbons (Fsp3) is 0.111. The molecule has 3 N–H and O–H groups in total. The van der Waals surface area contributed by atoms with Gasteiger partial charge < -0.3 is 16.0 Å². The first-order valence-electron chi connectivity index (χ1n) is 8.17. The minimum absolute atomic E-state index is 0.00558. The number of fused-ring (bicyclic) bond motifs is 1. The van der Waals surface area contributed by atoms with E-state index in [9.17, 15) is 14.9 Å². The smallest absolute Gasteiger partial charge is 0.269 e. The van der Waals surface area contributed by atoms with Crippen LogP contribution in [-0.4, -0.2) is 15.8 Å². The van der Waals surface area contributed by atoms with Gasteiger partial charge in [0, 0.05) is 23.2 Å². The number of anilines is 3. The third kappa shape index (κ3) is 3.72. The van der Waals surface area contributed by atoms with E-state index in [0.29, 0.717) is 11.3 Å². The Hall–Kier alpha value is -3.46. The fourth-order valence-corrected chi connectivity index (χ4v) is 3.43. The zero-order valence-electron chi connectivity index (χ0n) is 14.0. The van der Waals surface area contributed by atoms with Crippen molar-refractivity contribution in [2.45, 2.75) is 12.6 Å². The number of amides is 1. The number of hydrogen-bond acceptors (Lipinski definition) is 7. The van der Waals surface area contributed by atoms with Gasteiger partial charge in [-0.05, 0) is 23.8 Å². The van der Waals surface area contributed by atoms with Crippen molar-refractivity contribution in [3.63, 3.8) is 0 Å². The second-order valence-electron chi connectivity index (χ2n) is 6.04. The van der Waals surface area contributed by atoms with Crippen molar-refractivity contribution in [1.29, 1.82) is 0 Å². The molecule has 1 atom stereocenters. The van der Waals surface area contributed by atoms with E-state index in [1.807, 2.05) is 23.6 Å².